The minimum atomic E-state index is -4.68. The van der Waals surface area contributed by atoms with Crippen LogP contribution in [0.3, 0.4) is 0 Å². The summed E-state index contributed by atoms with van der Waals surface area (Å²) in [5, 5.41) is 4.09. The molecule has 1 aliphatic heterocycles. The summed E-state index contributed by atoms with van der Waals surface area (Å²) in [6, 6.07) is 4.89. The molecule has 9 nitrogen and oxygen atoms in total. The average Bonchev–Trinajstić information content (AvgIpc) is 3.66. The fraction of sp³-hybridized carbons (Fsp3) is 0.464. The molecule has 4 heterocycles. The number of halogens is 4. The number of morpholine rings is 1. The van der Waals surface area contributed by atoms with Crippen LogP contribution in [0, 0.1) is 12.7 Å². The Labute approximate surface area is 234 Å². The number of hydrogen-bond acceptors (Lipinski definition) is 7. The van der Waals surface area contributed by atoms with Gasteiger partial charge in [-0.15, -0.1) is 0 Å². The molecule has 3 aromatic heterocycles. The molecule has 0 atom stereocenters. The van der Waals surface area contributed by atoms with E-state index in [0.717, 1.165) is 18.2 Å². The first-order valence-electron chi connectivity index (χ1n) is 13.5. The summed E-state index contributed by atoms with van der Waals surface area (Å²) in [4.78, 5) is 27.6. The molecule has 220 valence electrons. The van der Waals surface area contributed by atoms with Gasteiger partial charge < -0.3 is 9.64 Å². The molecule has 2 aliphatic rings. The minimum Gasteiger partial charge on any atom is -0.378 e. The van der Waals surface area contributed by atoms with Gasteiger partial charge >= 0.3 is 6.18 Å². The number of anilines is 1. The predicted molar refractivity (Wildman–Crippen MR) is 147 cm³/mol. The standard InChI is InChI=1S/C19H17F4N5O2.C6H8N2.C3H8/c1-10-24-15-14(12-4-3-11(9-13(12)20)19(21,22)23)25-18(28-5-7-30-8-6-28)26-16(15)17(29)27(10)2;1-4-7-8(5-1)6-2-3-6;1-3-2/h3-4,9H,5-8H2,1-2H3;1,4-6H,2-3H2;3H2,1-2H3. The van der Waals surface area contributed by atoms with Gasteiger partial charge in [-0.05, 0) is 44.0 Å². The molecule has 0 spiro atoms. The second-order valence-electron chi connectivity index (χ2n) is 9.81. The molecule has 1 saturated heterocycles. The molecule has 4 aromatic rings. The maximum atomic E-state index is 14.7. The number of benzene rings is 1. The lowest BCUT2D eigenvalue weighted by molar-refractivity contribution is -0.137. The third kappa shape index (κ3) is 7.07. The predicted octanol–water partition coefficient (Wildman–Crippen LogP) is 5.33. The largest absolute Gasteiger partial charge is 0.416 e. The first kappa shape index (κ1) is 30.1. The molecule has 1 aliphatic carbocycles. The zero-order valence-electron chi connectivity index (χ0n) is 23.5. The number of nitrogens with zero attached hydrogens (tertiary/aromatic N) is 7. The van der Waals surface area contributed by atoms with Crippen LogP contribution < -0.4 is 10.5 Å². The van der Waals surface area contributed by atoms with Crippen molar-refractivity contribution in [3.63, 3.8) is 0 Å². The lowest BCUT2D eigenvalue weighted by Crippen LogP contribution is -2.37. The van der Waals surface area contributed by atoms with Crippen molar-refractivity contribution in [2.45, 2.75) is 52.3 Å². The van der Waals surface area contributed by atoms with Gasteiger partial charge in [0.2, 0.25) is 5.95 Å². The minimum absolute atomic E-state index is 0.0334. The Morgan fingerprint density at radius 2 is 1.73 bits per heavy atom. The smallest absolute Gasteiger partial charge is 0.378 e. The molecule has 6 rings (SSSR count). The monoisotopic (exact) mass is 575 g/mol. The first-order valence-corrected chi connectivity index (χ1v) is 13.5. The maximum absolute atomic E-state index is 14.7. The molecule has 0 amide bonds. The zero-order valence-corrected chi connectivity index (χ0v) is 23.5. The van der Waals surface area contributed by atoms with Crippen LogP contribution in [0.2, 0.25) is 0 Å². The first-order chi connectivity index (χ1) is 19.5. The number of aromatic nitrogens is 6. The molecular formula is C28H33F4N7O2. The Bertz CT molecular complexity index is 1530. The van der Waals surface area contributed by atoms with Crippen LogP contribution in [0.25, 0.3) is 22.3 Å². The molecule has 0 N–H and O–H groups in total. The molecule has 1 saturated carbocycles. The van der Waals surface area contributed by atoms with Crippen molar-refractivity contribution in [3.8, 4) is 11.3 Å². The van der Waals surface area contributed by atoms with Crippen molar-refractivity contribution >= 4 is 17.0 Å². The van der Waals surface area contributed by atoms with Crippen molar-refractivity contribution in [3.05, 3.63) is 64.2 Å². The third-order valence-electron chi connectivity index (χ3n) is 6.43. The van der Waals surface area contributed by atoms with Crippen LogP contribution in [0.5, 0.6) is 0 Å². The summed E-state index contributed by atoms with van der Waals surface area (Å²) in [6.45, 7) is 7.61. The summed E-state index contributed by atoms with van der Waals surface area (Å²) in [7, 11) is 1.53. The van der Waals surface area contributed by atoms with Crippen molar-refractivity contribution in [1.82, 2.24) is 29.3 Å². The molecule has 0 bridgehead atoms. The average molecular weight is 576 g/mol. The topological polar surface area (TPSA) is 91.0 Å². The van der Waals surface area contributed by atoms with E-state index in [4.69, 9.17) is 4.74 Å². The van der Waals surface area contributed by atoms with Crippen LogP contribution in [-0.2, 0) is 18.0 Å². The highest BCUT2D eigenvalue weighted by Crippen LogP contribution is 2.35. The number of alkyl halides is 3. The molecule has 13 heteroatoms. The number of fused-ring (bicyclic) bond motifs is 1. The number of aryl methyl sites for hydroxylation is 1. The van der Waals surface area contributed by atoms with Gasteiger partial charge in [0.1, 0.15) is 22.9 Å². The highest BCUT2D eigenvalue weighted by molar-refractivity contribution is 5.89. The van der Waals surface area contributed by atoms with E-state index in [1.54, 1.807) is 11.8 Å². The van der Waals surface area contributed by atoms with Crippen molar-refractivity contribution < 1.29 is 22.3 Å². The van der Waals surface area contributed by atoms with Crippen LogP contribution in [-0.4, -0.2) is 55.6 Å². The van der Waals surface area contributed by atoms with Crippen LogP contribution in [0.15, 0.2) is 41.5 Å². The van der Waals surface area contributed by atoms with Crippen molar-refractivity contribution in [2.24, 2.45) is 7.05 Å². The molecular weight excluding hydrogens is 542 g/mol. The van der Waals surface area contributed by atoms with Gasteiger partial charge in [0.05, 0.1) is 24.8 Å². The summed E-state index contributed by atoms with van der Waals surface area (Å²) in [5.41, 5.74) is -1.79. The van der Waals surface area contributed by atoms with Crippen LogP contribution >= 0.6 is 0 Å². The second-order valence-corrected chi connectivity index (χ2v) is 9.81. The van der Waals surface area contributed by atoms with E-state index in [9.17, 15) is 22.4 Å². The van der Waals surface area contributed by atoms with Gasteiger partial charge in [0.25, 0.3) is 5.56 Å². The Balaban J connectivity index is 0.000000293. The summed E-state index contributed by atoms with van der Waals surface area (Å²) < 4.78 is 62.2. The van der Waals surface area contributed by atoms with E-state index in [2.05, 4.69) is 33.9 Å². The number of hydrogen-bond donors (Lipinski definition) is 0. The van der Waals surface area contributed by atoms with Crippen LogP contribution in [0.4, 0.5) is 23.5 Å². The van der Waals surface area contributed by atoms with E-state index in [0.29, 0.717) is 38.2 Å². The Kier molecular flexibility index (Phi) is 9.36. The molecule has 0 unspecified atom stereocenters. The van der Waals surface area contributed by atoms with Crippen molar-refractivity contribution in [1.29, 1.82) is 0 Å². The Hall–Kier alpha value is -3.87. The lowest BCUT2D eigenvalue weighted by atomic mass is 10.1. The van der Waals surface area contributed by atoms with Gasteiger partial charge in [0.15, 0.2) is 5.52 Å². The Morgan fingerprint density at radius 1 is 1.05 bits per heavy atom. The zero-order chi connectivity index (χ0) is 29.7. The quantitative estimate of drug-likeness (QED) is 0.305. The van der Waals surface area contributed by atoms with E-state index in [-0.39, 0.29) is 28.2 Å². The van der Waals surface area contributed by atoms with Gasteiger partial charge in [-0.2, -0.15) is 18.3 Å². The highest BCUT2D eigenvalue weighted by Gasteiger charge is 2.32. The molecule has 2 fully saturated rings. The molecule has 41 heavy (non-hydrogen) atoms. The van der Waals surface area contributed by atoms with E-state index < -0.39 is 23.1 Å². The van der Waals surface area contributed by atoms with Crippen molar-refractivity contribution in [2.75, 3.05) is 31.2 Å². The highest BCUT2D eigenvalue weighted by atomic mass is 19.4. The third-order valence-corrected chi connectivity index (χ3v) is 6.43. The summed E-state index contributed by atoms with van der Waals surface area (Å²) in [6.07, 6.45) is 3.07. The van der Waals surface area contributed by atoms with Gasteiger partial charge in [-0.25, -0.2) is 19.3 Å². The maximum Gasteiger partial charge on any atom is 0.416 e. The lowest BCUT2D eigenvalue weighted by Gasteiger charge is -2.27. The van der Waals surface area contributed by atoms with Gasteiger partial charge in [0, 0.05) is 38.1 Å². The fourth-order valence-electron chi connectivity index (χ4n) is 4.05. The molecule has 1 aromatic carbocycles. The van der Waals surface area contributed by atoms with Crippen LogP contribution in [0.1, 0.15) is 50.5 Å². The van der Waals surface area contributed by atoms with E-state index >= 15 is 0 Å². The summed E-state index contributed by atoms with van der Waals surface area (Å²) in [5.74, 6) is -0.607. The number of rotatable bonds is 3. The van der Waals surface area contributed by atoms with Gasteiger partial charge in [-0.1, -0.05) is 20.3 Å². The normalized spacial score (nSPS) is 15.2. The second kappa shape index (κ2) is 12.8. The fourth-order valence-corrected chi connectivity index (χ4v) is 4.05. The summed E-state index contributed by atoms with van der Waals surface area (Å²) >= 11 is 0. The van der Waals surface area contributed by atoms with E-state index in [1.165, 1.54) is 30.9 Å². The number of ether oxygens (including phenoxy) is 1. The molecule has 0 radical (unpaired) electrons. The van der Waals surface area contributed by atoms with Gasteiger partial charge in [-0.3, -0.25) is 14.0 Å². The Morgan fingerprint density at radius 3 is 2.29 bits per heavy atom. The van der Waals surface area contributed by atoms with E-state index in [1.807, 2.05) is 23.1 Å². The SMILES string of the molecule is CCC.Cc1nc2c(-c3ccc(C(F)(F)F)cc3F)nc(N3CCOCC3)nc2c(=O)n1C.c1cnn(C2CC2)c1.